The quantitative estimate of drug-likeness (QED) is 0.800. The number of halogens is 2. The molecule has 0 spiro atoms. The number of carbonyl (C=O) groups excluding carboxylic acids is 2. The van der Waals surface area contributed by atoms with Crippen molar-refractivity contribution in [3.05, 3.63) is 29.3 Å². The zero-order chi connectivity index (χ0) is 13.7. The van der Waals surface area contributed by atoms with Crippen LogP contribution in [0.5, 0.6) is 5.75 Å². The van der Waals surface area contributed by atoms with Crippen LogP contribution in [0.15, 0.2) is 12.1 Å². The van der Waals surface area contributed by atoms with Crippen molar-refractivity contribution < 1.29 is 27.8 Å². The van der Waals surface area contributed by atoms with E-state index < -0.39 is 41.4 Å². The SMILES string of the molecule is CCOC(=O)COc1ccc(F)c(C(N)=O)c1F. The number of rotatable bonds is 5. The molecule has 1 rings (SSSR count). The van der Waals surface area contributed by atoms with Crippen LogP contribution in [0.4, 0.5) is 8.78 Å². The Morgan fingerprint density at radius 2 is 2.00 bits per heavy atom. The Balaban J connectivity index is 2.88. The molecule has 0 aliphatic carbocycles. The molecule has 0 heterocycles. The number of ether oxygens (including phenoxy) is 2. The first-order valence-corrected chi connectivity index (χ1v) is 5.03. The van der Waals surface area contributed by atoms with E-state index in [2.05, 4.69) is 4.74 Å². The Bertz CT molecular complexity index is 476. The molecular weight excluding hydrogens is 248 g/mol. The standard InChI is InChI=1S/C11H11F2NO4/c1-2-17-8(15)5-18-7-4-3-6(12)9(10(7)13)11(14)16/h3-4H,2,5H2,1H3,(H2,14,16). The third-order valence-corrected chi connectivity index (χ3v) is 1.95. The lowest BCUT2D eigenvalue weighted by Gasteiger charge is -2.09. The van der Waals surface area contributed by atoms with Crippen LogP contribution in [-0.2, 0) is 9.53 Å². The van der Waals surface area contributed by atoms with Gasteiger partial charge >= 0.3 is 5.97 Å². The van der Waals surface area contributed by atoms with Gasteiger partial charge in [-0.15, -0.1) is 0 Å². The van der Waals surface area contributed by atoms with Gasteiger partial charge < -0.3 is 15.2 Å². The third-order valence-electron chi connectivity index (χ3n) is 1.95. The van der Waals surface area contributed by atoms with E-state index in [0.29, 0.717) is 0 Å². The molecule has 0 aliphatic rings. The maximum Gasteiger partial charge on any atom is 0.344 e. The van der Waals surface area contributed by atoms with Gasteiger partial charge in [0.15, 0.2) is 18.2 Å². The number of primary amides is 1. The molecule has 0 saturated carbocycles. The molecule has 1 aromatic rings. The van der Waals surface area contributed by atoms with Crippen LogP contribution in [0.1, 0.15) is 17.3 Å². The van der Waals surface area contributed by atoms with Crippen molar-refractivity contribution in [2.45, 2.75) is 6.92 Å². The summed E-state index contributed by atoms with van der Waals surface area (Å²) in [6, 6.07) is 1.78. The van der Waals surface area contributed by atoms with Crippen LogP contribution < -0.4 is 10.5 Å². The third kappa shape index (κ3) is 3.16. The highest BCUT2D eigenvalue weighted by atomic mass is 19.1. The topological polar surface area (TPSA) is 78.6 Å². The summed E-state index contributed by atoms with van der Waals surface area (Å²) >= 11 is 0. The molecule has 0 saturated heterocycles. The lowest BCUT2D eigenvalue weighted by Crippen LogP contribution is -2.18. The van der Waals surface area contributed by atoms with E-state index in [1.54, 1.807) is 6.92 Å². The Labute approximate surface area is 101 Å². The Morgan fingerprint density at radius 1 is 1.33 bits per heavy atom. The average molecular weight is 259 g/mol. The number of hydrogen-bond donors (Lipinski definition) is 1. The second-order valence-electron chi connectivity index (χ2n) is 3.19. The van der Waals surface area contributed by atoms with Gasteiger partial charge in [-0.1, -0.05) is 0 Å². The van der Waals surface area contributed by atoms with Crippen molar-refractivity contribution in [2.24, 2.45) is 5.73 Å². The first kappa shape index (κ1) is 13.9. The van der Waals surface area contributed by atoms with Crippen LogP contribution >= 0.6 is 0 Å². The lowest BCUT2D eigenvalue weighted by atomic mass is 10.2. The number of benzene rings is 1. The van der Waals surface area contributed by atoms with E-state index in [9.17, 15) is 18.4 Å². The van der Waals surface area contributed by atoms with Gasteiger partial charge in [0.25, 0.3) is 5.91 Å². The summed E-state index contributed by atoms with van der Waals surface area (Å²) < 4.78 is 36.0. The van der Waals surface area contributed by atoms with Gasteiger partial charge in [0, 0.05) is 0 Å². The average Bonchev–Trinajstić information content (AvgIpc) is 2.28. The van der Waals surface area contributed by atoms with Crippen LogP contribution in [0.2, 0.25) is 0 Å². The molecule has 18 heavy (non-hydrogen) atoms. The smallest absolute Gasteiger partial charge is 0.344 e. The highest BCUT2D eigenvalue weighted by molar-refractivity contribution is 5.93. The van der Waals surface area contributed by atoms with Gasteiger partial charge in [0.2, 0.25) is 0 Å². The zero-order valence-corrected chi connectivity index (χ0v) is 9.54. The van der Waals surface area contributed by atoms with Gasteiger partial charge in [-0.25, -0.2) is 13.6 Å². The number of amides is 1. The van der Waals surface area contributed by atoms with Crippen molar-refractivity contribution >= 4 is 11.9 Å². The number of esters is 1. The second kappa shape index (κ2) is 5.95. The largest absolute Gasteiger partial charge is 0.479 e. The minimum atomic E-state index is -1.26. The number of carbonyl (C=O) groups is 2. The normalized spacial score (nSPS) is 9.94. The highest BCUT2D eigenvalue weighted by Crippen LogP contribution is 2.22. The molecular formula is C11H11F2NO4. The Kier molecular flexibility index (Phi) is 4.59. The Hall–Kier alpha value is -2.18. The summed E-state index contributed by atoms with van der Waals surface area (Å²) in [6.45, 7) is 1.21. The van der Waals surface area contributed by atoms with E-state index in [1.165, 1.54) is 0 Å². The molecule has 2 N–H and O–H groups in total. The molecule has 1 aromatic carbocycles. The van der Waals surface area contributed by atoms with Crippen molar-refractivity contribution in [3.8, 4) is 5.75 Å². The molecule has 0 radical (unpaired) electrons. The monoisotopic (exact) mass is 259 g/mol. The van der Waals surface area contributed by atoms with Crippen LogP contribution in [-0.4, -0.2) is 25.1 Å². The fourth-order valence-corrected chi connectivity index (χ4v) is 1.21. The van der Waals surface area contributed by atoms with Gasteiger partial charge in [-0.05, 0) is 19.1 Å². The molecule has 0 atom stereocenters. The summed E-state index contributed by atoms with van der Waals surface area (Å²) in [4.78, 5) is 21.8. The molecule has 0 fully saturated rings. The second-order valence-corrected chi connectivity index (χ2v) is 3.19. The van der Waals surface area contributed by atoms with Crippen LogP contribution in [0.3, 0.4) is 0 Å². The van der Waals surface area contributed by atoms with Crippen LogP contribution in [0, 0.1) is 11.6 Å². The fourth-order valence-electron chi connectivity index (χ4n) is 1.21. The maximum atomic E-state index is 13.6. The molecule has 0 bridgehead atoms. The van der Waals surface area contributed by atoms with E-state index in [-0.39, 0.29) is 6.61 Å². The van der Waals surface area contributed by atoms with E-state index in [0.717, 1.165) is 12.1 Å². The summed E-state index contributed by atoms with van der Waals surface area (Å²) in [5, 5.41) is 0. The van der Waals surface area contributed by atoms with Gasteiger partial charge in [-0.3, -0.25) is 4.79 Å². The summed E-state index contributed by atoms with van der Waals surface area (Å²) in [7, 11) is 0. The van der Waals surface area contributed by atoms with Crippen molar-refractivity contribution in [2.75, 3.05) is 13.2 Å². The predicted octanol–water partition coefficient (Wildman–Crippen LogP) is 1.01. The summed E-state index contributed by atoms with van der Waals surface area (Å²) in [5.41, 5.74) is 3.92. The predicted molar refractivity (Wildman–Crippen MR) is 57.0 cm³/mol. The minimum Gasteiger partial charge on any atom is -0.479 e. The molecule has 0 aromatic heterocycles. The van der Waals surface area contributed by atoms with Crippen molar-refractivity contribution in [1.82, 2.24) is 0 Å². The fraction of sp³-hybridized carbons (Fsp3) is 0.273. The number of nitrogens with two attached hydrogens (primary N) is 1. The molecule has 0 unspecified atom stereocenters. The molecule has 5 nitrogen and oxygen atoms in total. The highest BCUT2D eigenvalue weighted by Gasteiger charge is 2.19. The molecule has 98 valence electrons. The van der Waals surface area contributed by atoms with Gasteiger partial charge in [0.1, 0.15) is 11.4 Å². The van der Waals surface area contributed by atoms with Crippen molar-refractivity contribution in [3.63, 3.8) is 0 Å². The lowest BCUT2D eigenvalue weighted by molar-refractivity contribution is -0.145. The van der Waals surface area contributed by atoms with Gasteiger partial charge in [0.05, 0.1) is 6.61 Å². The minimum absolute atomic E-state index is 0.153. The maximum absolute atomic E-state index is 13.6. The van der Waals surface area contributed by atoms with E-state index in [1.807, 2.05) is 0 Å². The van der Waals surface area contributed by atoms with E-state index in [4.69, 9.17) is 10.5 Å². The molecule has 7 heteroatoms. The Morgan fingerprint density at radius 3 is 2.56 bits per heavy atom. The molecule has 1 amide bonds. The summed E-state index contributed by atoms with van der Waals surface area (Å²) in [5.74, 6) is -4.75. The number of hydrogen-bond acceptors (Lipinski definition) is 4. The van der Waals surface area contributed by atoms with Crippen LogP contribution in [0.25, 0.3) is 0 Å². The first-order chi connectivity index (χ1) is 8.47. The van der Waals surface area contributed by atoms with E-state index >= 15 is 0 Å². The summed E-state index contributed by atoms with van der Waals surface area (Å²) in [6.07, 6.45) is 0. The van der Waals surface area contributed by atoms with Gasteiger partial charge in [-0.2, -0.15) is 0 Å². The first-order valence-electron chi connectivity index (χ1n) is 5.03. The molecule has 0 aliphatic heterocycles. The van der Waals surface area contributed by atoms with Crippen molar-refractivity contribution in [1.29, 1.82) is 0 Å². The zero-order valence-electron chi connectivity index (χ0n) is 9.54.